The van der Waals surface area contributed by atoms with Crippen LogP contribution >= 0.6 is 0 Å². The van der Waals surface area contributed by atoms with Crippen molar-refractivity contribution in [1.82, 2.24) is 5.32 Å². The first-order chi connectivity index (χ1) is 6.91. The molecule has 15 heavy (non-hydrogen) atoms. The van der Waals surface area contributed by atoms with E-state index in [0.717, 1.165) is 5.92 Å². The molecule has 2 aliphatic carbocycles. The molecular formula is C13H25NO. The first-order valence-electron chi connectivity index (χ1n) is 6.28. The Morgan fingerprint density at radius 1 is 1.40 bits per heavy atom. The van der Waals surface area contributed by atoms with E-state index in [-0.39, 0.29) is 12.6 Å². The van der Waals surface area contributed by atoms with Gasteiger partial charge in [-0.15, -0.1) is 0 Å². The minimum absolute atomic E-state index is 0.238. The molecule has 0 heterocycles. The van der Waals surface area contributed by atoms with Gasteiger partial charge in [-0.2, -0.15) is 0 Å². The Morgan fingerprint density at radius 3 is 2.47 bits per heavy atom. The highest BCUT2D eigenvalue weighted by atomic mass is 16.3. The summed E-state index contributed by atoms with van der Waals surface area (Å²) in [7, 11) is 0. The van der Waals surface area contributed by atoms with E-state index < -0.39 is 0 Å². The van der Waals surface area contributed by atoms with Crippen LogP contribution in [0.3, 0.4) is 0 Å². The van der Waals surface area contributed by atoms with Crippen molar-refractivity contribution in [3.05, 3.63) is 0 Å². The van der Waals surface area contributed by atoms with Gasteiger partial charge < -0.3 is 10.4 Å². The number of aliphatic hydroxyl groups excluding tert-OH is 1. The largest absolute Gasteiger partial charge is 0.395 e. The van der Waals surface area contributed by atoms with Gasteiger partial charge in [0.25, 0.3) is 0 Å². The van der Waals surface area contributed by atoms with Gasteiger partial charge in [-0.25, -0.2) is 0 Å². The molecule has 2 aliphatic rings. The molecule has 3 unspecified atom stereocenters. The topological polar surface area (TPSA) is 32.3 Å². The Labute approximate surface area is 93.5 Å². The molecule has 0 aromatic heterocycles. The van der Waals surface area contributed by atoms with Crippen LogP contribution in [-0.4, -0.2) is 23.8 Å². The van der Waals surface area contributed by atoms with E-state index in [1.165, 1.54) is 19.3 Å². The Balaban J connectivity index is 2.12. The third kappa shape index (κ3) is 1.45. The molecular weight excluding hydrogens is 186 g/mol. The highest BCUT2D eigenvalue weighted by Gasteiger charge is 2.61. The third-order valence-corrected chi connectivity index (χ3v) is 5.55. The number of nitrogens with one attached hydrogen (secondary N) is 1. The molecule has 88 valence electrons. The zero-order valence-electron chi connectivity index (χ0n) is 10.5. The van der Waals surface area contributed by atoms with Crippen LogP contribution in [0.15, 0.2) is 0 Å². The zero-order chi connectivity index (χ0) is 11.3. The molecule has 0 saturated heterocycles. The van der Waals surface area contributed by atoms with Crippen molar-refractivity contribution >= 4 is 0 Å². The van der Waals surface area contributed by atoms with Crippen LogP contribution in [0.5, 0.6) is 0 Å². The molecule has 0 spiro atoms. The van der Waals surface area contributed by atoms with E-state index in [4.69, 9.17) is 5.11 Å². The molecule has 0 amide bonds. The second-order valence-corrected chi connectivity index (χ2v) is 6.41. The standard InChI is InChI=1S/C13H25NO/c1-9(8-15)14-11-7-10-5-6-13(11,4)12(10,2)3/h9-11,14-15H,5-8H2,1-4H3/t9-,10?,11?,13?/m1/s1. The van der Waals surface area contributed by atoms with Crippen molar-refractivity contribution in [3.8, 4) is 0 Å². The Hall–Kier alpha value is -0.0800. The maximum Gasteiger partial charge on any atom is 0.0582 e. The average molecular weight is 211 g/mol. The van der Waals surface area contributed by atoms with E-state index in [2.05, 4.69) is 33.0 Å². The fourth-order valence-electron chi connectivity index (χ4n) is 3.85. The monoisotopic (exact) mass is 211 g/mol. The first-order valence-corrected chi connectivity index (χ1v) is 6.28. The molecule has 0 aromatic carbocycles. The van der Waals surface area contributed by atoms with Crippen molar-refractivity contribution in [2.24, 2.45) is 16.7 Å². The summed E-state index contributed by atoms with van der Waals surface area (Å²) in [5, 5.41) is 12.7. The van der Waals surface area contributed by atoms with Crippen molar-refractivity contribution in [3.63, 3.8) is 0 Å². The van der Waals surface area contributed by atoms with Crippen molar-refractivity contribution in [1.29, 1.82) is 0 Å². The SMILES string of the molecule is C[C@H](CO)NC1CC2CCC1(C)C2(C)C. The van der Waals surface area contributed by atoms with Crippen LogP contribution < -0.4 is 5.32 Å². The Morgan fingerprint density at radius 2 is 2.07 bits per heavy atom. The van der Waals surface area contributed by atoms with Crippen LogP contribution in [0.2, 0.25) is 0 Å². The fourth-order valence-corrected chi connectivity index (χ4v) is 3.85. The lowest BCUT2D eigenvalue weighted by atomic mass is 9.69. The molecule has 4 atom stereocenters. The summed E-state index contributed by atoms with van der Waals surface area (Å²) in [6.07, 6.45) is 4.05. The second kappa shape index (κ2) is 3.46. The van der Waals surface area contributed by atoms with Gasteiger partial charge in [-0.05, 0) is 42.9 Å². The molecule has 2 saturated carbocycles. The lowest BCUT2D eigenvalue weighted by Crippen LogP contribution is -2.48. The first kappa shape index (κ1) is 11.4. The number of aliphatic hydroxyl groups is 1. The quantitative estimate of drug-likeness (QED) is 0.750. The normalized spacial score (nSPS) is 44.6. The van der Waals surface area contributed by atoms with Crippen molar-refractivity contribution in [2.45, 2.75) is 59.0 Å². The lowest BCUT2D eigenvalue weighted by Gasteiger charge is -2.40. The number of hydrogen-bond acceptors (Lipinski definition) is 2. The molecule has 2 heteroatoms. The number of hydrogen-bond donors (Lipinski definition) is 2. The maximum atomic E-state index is 9.12. The molecule has 2 N–H and O–H groups in total. The smallest absolute Gasteiger partial charge is 0.0582 e. The van der Waals surface area contributed by atoms with Crippen molar-refractivity contribution in [2.75, 3.05) is 6.61 Å². The zero-order valence-corrected chi connectivity index (χ0v) is 10.5. The summed E-state index contributed by atoms with van der Waals surface area (Å²) in [5.41, 5.74) is 0.904. The van der Waals surface area contributed by atoms with E-state index in [1.807, 2.05) is 0 Å². The molecule has 0 radical (unpaired) electrons. The molecule has 0 aromatic rings. The summed E-state index contributed by atoms with van der Waals surface area (Å²) < 4.78 is 0. The summed E-state index contributed by atoms with van der Waals surface area (Å²) >= 11 is 0. The van der Waals surface area contributed by atoms with Crippen molar-refractivity contribution < 1.29 is 5.11 Å². The molecule has 2 nitrogen and oxygen atoms in total. The van der Waals surface area contributed by atoms with Crippen LogP contribution in [0.1, 0.15) is 47.0 Å². The third-order valence-electron chi connectivity index (χ3n) is 5.55. The van der Waals surface area contributed by atoms with Gasteiger partial charge in [0.1, 0.15) is 0 Å². The van der Waals surface area contributed by atoms with E-state index in [9.17, 15) is 0 Å². The summed E-state index contributed by atoms with van der Waals surface area (Å²) in [6.45, 7) is 9.60. The van der Waals surface area contributed by atoms with Gasteiger partial charge in [0, 0.05) is 12.1 Å². The van der Waals surface area contributed by atoms with E-state index in [0.29, 0.717) is 16.9 Å². The highest BCUT2D eigenvalue weighted by molar-refractivity contribution is 5.13. The second-order valence-electron chi connectivity index (χ2n) is 6.41. The summed E-state index contributed by atoms with van der Waals surface area (Å²) in [4.78, 5) is 0. The molecule has 2 rings (SSSR count). The predicted octanol–water partition coefficient (Wildman–Crippen LogP) is 2.17. The number of rotatable bonds is 3. The summed E-state index contributed by atoms with van der Waals surface area (Å²) in [5.74, 6) is 0.880. The van der Waals surface area contributed by atoms with E-state index in [1.54, 1.807) is 0 Å². The minimum Gasteiger partial charge on any atom is -0.395 e. The lowest BCUT2D eigenvalue weighted by molar-refractivity contribution is 0.109. The van der Waals surface area contributed by atoms with E-state index >= 15 is 0 Å². The average Bonchev–Trinajstić information content (AvgIpc) is 2.50. The minimum atomic E-state index is 0.238. The Kier molecular flexibility index (Phi) is 2.63. The fraction of sp³-hybridized carbons (Fsp3) is 1.00. The van der Waals surface area contributed by atoms with Gasteiger partial charge >= 0.3 is 0 Å². The van der Waals surface area contributed by atoms with Crippen LogP contribution in [0.25, 0.3) is 0 Å². The maximum absolute atomic E-state index is 9.12. The highest BCUT2D eigenvalue weighted by Crippen LogP contribution is 2.65. The van der Waals surface area contributed by atoms with Gasteiger partial charge in [-0.3, -0.25) is 0 Å². The van der Waals surface area contributed by atoms with Crippen LogP contribution in [0, 0.1) is 16.7 Å². The van der Waals surface area contributed by atoms with Crippen LogP contribution in [-0.2, 0) is 0 Å². The predicted molar refractivity (Wildman–Crippen MR) is 62.7 cm³/mol. The molecule has 2 bridgehead atoms. The molecule has 2 fully saturated rings. The van der Waals surface area contributed by atoms with Crippen LogP contribution in [0.4, 0.5) is 0 Å². The van der Waals surface area contributed by atoms with Gasteiger partial charge in [0.05, 0.1) is 6.61 Å². The van der Waals surface area contributed by atoms with Gasteiger partial charge in [-0.1, -0.05) is 20.8 Å². The number of fused-ring (bicyclic) bond motifs is 2. The molecule has 0 aliphatic heterocycles. The van der Waals surface area contributed by atoms with Gasteiger partial charge in [0.2, 0.25) is 0 Å². The Bertz CT molecular complexity index is 251. The summed E-state index contributed by atoms with van der Waals surface area (Å²) in [6, 6.07) is 0.843. The van der Waals surface area contributed by atoms with Gasteiger partial charge in [0.15, 0.2) is 0 Å².